The molecule has 6 aliphatic heterocycles. The quantitative estimate of drug-likeness (QED) is 0.0817. The summed E-state index contributed by atoms with van der Waals surface area (Å²) in [7, 11) is 0. The van der Waals surface area contributed by atoms with Crippen molar-refractivity contribution < 1.29 is 42.7 Å². The molecule has 0 bridgehead atoms. The van der Waals surface area contributed by atoms with Gasteiger partial charge in [-0.1, -0.05) is 18.6 Å². The maximum Gasteiger partial charge on any atom is 0.262 e. The van der Waals surface area contributed by atoms with Crippen LogP contribution in [0.3, 0.4) is 0 Å². The molecule has 1 spiro atoms. The minimum Gasteiger partial charge on any atom is -0.382 e. The number of hydrogen-bond donors (Lipinski definition) is 4. The Balaban J connectivity index is 0.684. The number of halogens is 1. The summed E-state index contributed by atoms with van der Waals surface area (Å²) < 4.78 is 18.0. The molecular weight excluding hydrogens is 1110 g/mol. The fourth-order valence-corrected chi connectivity index (χ4v) is 15.2. The van der Waals surface area contributed by atoms with Crippen molar-refractivity contribution in [3.05, 3.63) is 94.6 Å². The van der Waals surface area contributed by atoms with E-state index in [0.717, 1.165) is 47.6 Å². The average Bonchev–Trinajstić information content (AvgIpc) is 1.58. The lowest BCUT2D eigenvalue weighted by atomic mass is 9.73. The Morgan fingerprint density at radius 2 is 1.48 bits per heavy atom. The highest BCUT2D eigenvalue weighted by Crippen LogP contribution is 2.53. The lowest BCUT2D eigenvalue weighted by molar-refractivity contribution is -0.140. The highest BCUT2D eigenvalue weighted by molar-refractivity contribution is 6.24. The van der Waals surface area contributed by atoms with E-state index in [9.17, 15) is 33.6 Å². The van der Waals surface area contributed by atoms with Crippen molar-refractivity contribution in [2.24, 2.45) is 11.8 Å². The molecule has 2 aromatic heterocycles. The maximum absolute atomic E-state index is 16.0. The molecule has 2 atom stereocenters. The minimum atomic E-state index is -1.04. The van der Waals surface area contributed by atoms with E-state index in [4.69, 9.17) is 9.97 Å². The first kappa shape index (κ1) is 58.0. The van der Waals surface area contributed by atoms with Crippen LogP contribution in [0.15, 0.2) is 60.9 Å². The number of imidazole rings is 1. The Bertz CT molecular complexity index is 3660. The number of aromatic nitrogens is 3. The number of rotatable bonds is 13. The number of carbonyl (C=O) groups is 8. The van der Waals surface area contributed by atoms with Gasteiger partial charge in [0.25, 0.3) is 17.7 Å². The van der Waals surface area contributed by atoms with Crippen LogP contribution in [0.4, 0.5) is 27.3 Å². The van der Waals surface area contributed by atoms with E-state index in [1.165, 1.54) is 31.4 Å². The Kier molecular flexibility index (Phi) is 15.3. The Hall–Kier alpha value is -8.07. The molecule has 1 unspecified atom stereocenters. The van der Waals surface area contributed by atoms with Crippen LogP contribution in [-0.2, 0) is 29.4 Å². The van der Waals surface area contributed by atoms with Crippen LogP contribution in [0, 0.1) is 24.6 Å². The predicted molar refractivity (Wildman–Crippen MR) is 325 cm³/mol. The van der Waals surface area contributed by atoms with Crippen LogP contribution >= 0.6 is 0 Å². The van der Waals surface area contributed by atoms with E-state index in [0.29, 0.717) is 117 Å². The third kappa shape index (κ3) is 10.5. The van der Waals surface area contributed by atoms with Gasteiger partial charge >= 0.3 is 0 Å². The zero-order valence-corrected chi connectivity index (χ0v) is 50.3. The standard InChI is InChI=1S/C66H77FN12O8/c1-36(2)69-59(81)47-32-52(50(67)27-38(47)5)72-58-57-53(68-35-77(57)37(3)4)33-51(71-58)40-11-16-49-55(28-40)78(45-30-44(31-45)74-22-7-6-8-23-74)65(87)66(49)20-25-75(26-21-66)62(84)41-19-24-76(34-41)61(83)39-9-12-42(13-10-39)70-43-14-15-46-48(29-43)64(86)79(63(46)85)54-17-18-56(80)73-60(54)82/h11,14-16,27-29,32-33,35-37,39,41-42,44-45,54,70H,6-10,12-13,17-26,30-31,34H2,1-5H3,(H,69,81)(H,71,72)(H,73,80,82)/t39?,41-,42?,44?,45?,54?/m1/s1. The fourth-order valence-electron chi connectivity index (χ4n) is 15.2. The van der Waals surface area contributed by atoms with E-state index in [-0.39, 0.29) is 89.3 Å². The monoisotopic (exact) mass is 1180 g/mol. The van der Waals surface area contributed by atoms with Crippen LogP contribution in [0.25, 0.3) is 22.3 Å². The van der Waals surface area contributed by atoms with E-state index in [1.807, 2.05) is 54.2 Å². The van der Waals surface area contributed by atoms with E-state index < -0.39 is 40.9 Å². The van der Waals surface area contributed by atoms with Crippen molar-refractivity contribution in [3.63, 3.8) is 0 Å². The van der Waals surface area contributed by atoms with E-state index in [1.54, 1.807) is 31.5 Å². The summed E-state index contributed by atoms with van der Waals surface area (Å²) >= 11 is 0. The summed E-state index contributed by atoms with van der Waals surface area (Å²) in [5, 5.41) is 11.9. The van der Waals surface area contributed by atoms with Gasteiger partial charge in [-0.25, -0.2) is 14.4 Å². The third-order valence-corrected chi connectivity index (χ3v) is 20.1. The summed E-state index contributed by atoms with van der Waals surface area (Å²) in [6.45, 7) is 13.4. The van der Waals surface area contributed by atoms with Crippen molar-refractivity contribution >= 4 is 81.2 Å². The molecule has 5 aromatic rings. The van der Waals surface area contributed by atoms with Crippen molar-refractivity contribution in [1.29, 1.82) is 0 Å². The molecule has 13 rings (SSSR count). The number of nitrogens with one attached hydrogen (secondary N) is 4. The molecule has 6 fully saturated rings. The van der Waals surface area contributed by atoms with Gasteiger partial charge in [0.1, 0.15) is 17.4 Å². The maximum atomic E-state index is 16.0. The van der Waals surface area contributed by atoms with Gasteiger partial charge in [-0.3, -0.25) is 48.6 Å². The molecule has 4 saturated heterocycles. The SMILES string of the molecule is Cc1cc(F)c(Nc2nc(-c3ccc4c(c3)N(C3CC(N5CCCCC5)C3)C(=O)C43CCN(C(=O)[C@@H]4CCN(C(=O)C5CCC(Nc6ccc7c(c6)C(=O)N(C6CCC(=O)NC6=O)C7=O)CC5)C4)CC3)cc3ncn(C(C)C)c23)cc1C(=O)NC(C)C. The lowest BCUT2D eigenvalue weighted by Gasteiger charge is -2.48. The number of anilines is 4. The van der Waals surface area contributed by atoms with Crippen molar-refractivity contribution in [1.82, 2.24) is 44.8 Å². The number of pyridine rings is 1. The van der Waals surface area contributed by atoms with Gasteiger partial charge in [0.2, 0.25) is 29.5 Å². The second-order valence-corrected chi connectivity index (χ2v) is 26.2. The molecular formula is C66H77FN12O8. The summed E-state index contributed by atoms with van der Waals surface area (Å²) in [6, 6.07) is 15.3. The molecule has 8 heterocycles. The number of likely N-dealkylation sites (tertiary alicyclic amines) is 3. The van der Waals surface area contributed by atoms with Gasteiger partial charge in [-0.05, 0) is 178 Å². The highest BCUT2D eigenvalue weighted by Gasteiger charge is 2.56. The van der Waals surface area contributed by atoms with Crippen molar-refractivity contribution in [2.75, 3.05) is 54.8 Å². The zero-order chi connectivity index (χ0) is 60.7. The number of piperidine rings is 3. The topological polar surface area (TPSA) is 232 Å². The smallest absolute Gasteiger partial charge is 0.262 e. The Morgan fingerprint density at radius 1 is 0.747 bits per heavy atom. The number of amides is 8. The number of carbonyl (C=O) groups excluding carboxylic acids is 8. The summed E-state index contributed by atoms with van der Waals surface area (Å²) in [6.07, 6.45) is 11.5. The first-order valence-electron chi connectivity index (χ1n) is 31.5. The molecule has 21 heteroatoms. The molecule has 8 aliphatic rings. The molecule has 20 nitrogen and oxygen atoms in total. The number of hydrogen-bond acceptors (Lipinski definition) is 13. The van der Waals surface area contributed by atoms with Crippen LogP contribution in [0.1, 0.15) is 166 Å². The van der Waals surface area contributed by atoms with Gasteiger partial charge < -0.3 is 40.1 Å². The zero-order valence-electron chi connectivity index (χ0n) is 50.3. The lowest BCUT2D eigenvalue weighted by Crippen LogP contribution is -2.58. The van der Waals surface area contributed by atoms with E-state index >= 15 is 9.18 Å². The third-order valence-electron chi connectivity index (χ3n) is 20.1. The summed E-state index contributed by atoms with van der Waals surface area (Å²) in [4.78, 5) is 128. The summed E-state index contributed by atoms with van der Waals surface area (Å²) in [5.74, 6) is -3.00. The summed E-state index contributed by atoms with van der Waals surface area (Å²) in [5.41, 5.74) is 5.74. The second-order valence-electron chi connectivity index (χ2n) is 26.2. The number of aryl methyl sites for hydroxylation is 1. The number of benzene rings is 3. The molecule has 2 saturated carbocycles. The van der Waals surface area contributed by atoms with Gasteiger partial charge in [0.05, 0.1) is 45.7 Å². The van der Waals surface area contributed by atoms with Gasteiger partial charge in [0.15, 0.2) is 5.82 Å². The van der Waals surface area contributed by atoms with Gasteiger partial charge in [-0.15, -0.1) is 0 Å². The van der Waals surface area contributed by atoms with Crippen LogP contribution in [0.5, 0.6) is 0 Å². The van der Waals surface area contributed by atoms with Crippen LogP contribution in [-0.4, -0.2) is 151 Å². The largest absolute Gasteiger partial charge is 0.382 e. The predicted octanol–water partition coefficient (Wildman–Crippen LogP) is 8.15. The molecule has 8 amide bonds. The normalized spacial score (nSPS) is 24.7. The number of fused-ring (bicyclic) bond motifs is 4. The van der Waals surface area contributed by atoms with Crippen molar-refractivity contribution in [2.45, 2.75) is 166 Å². The molecule has 4 N–H and O–H groups in total. The Morgan fingerprint density at radius 3 is 2.21 bits per heavy atom. The van der Waals surface area contributed by atoms with Crippen molar-refractivity contribution in [3.8, 4) is 11.3 Å². The second kappa shape index (κ2) is 22.9. The first-order chi connectivity index (χ1) is 41.8. The van der Waals surface area contributed by atoms with E-state index in [2.05, 4.69) is 43.2 Å². The van der Waals surface area contributed by atoms with Crippen LogP contribution in [0.2, 0.25) is 0 Å². The average molecular weight is 1190 g/mol. The Labute approximate surface area is 505 Å². The number of imide groups is 2. The van der Waals surface area contributed by atoms with Gasteiger partial charge in [0, 0.05) is 91.2 Å². The highest BCUT2D eigenvalue weighted by atomic mass is 19.1. The van der Waals surface area contributed by atoms with Crippen LogP contribution < -0.4 is 26.2 Å². The van der Waals surface area contributed by atoms with Gasteiger partial charge in [-0.2, -0.15) is 0 Å². The fraction of sp³-hybridized carbons (Fsp3) is 0.515. The minimum absolute atomic E-state index is 0.000402. The molecule has 0 radical (unpaired) electrons. The molecule has 2 aliphatic carbocycles. The molecule has 87 heavy (non-hydrogen) atoms. The first-order valence-corrected chi connectivity index (χ1v) is 31.5. The molecule has 456 valence electrons. The number of nitrogens with zero attached hydrogens (tertiary/aromatic N) is 8. The molecule has 3 aromatic carbocycles.